The molecule has 67 heavy (non-hydrogen) atoms. The number of para-hydroxylation sites is 2. The summed E-state index contributed by atoms with van der Waals surface area (Å²) in [6.07, 6.45) is 6.86. The number of rotatable bonds is 14. The second-order valence-corrected chi connectivity index (χ2v) is 16.9. The van der Waals surface area contributed by atoms with E-state index in [1.54, 1.807) is 36.4 Å². The molecular weight excluding hydrogens is 1000 g/mol. The number of nitrogens with one attached hydrogen (secondary N) is 1. The summed E-state index contributed by atoms with van der Waals surface area (Å²) < 4.78 is 139. The predicted octanol–water partition coefficient (Wildman–Crippen LogP) is -9.04. The van der Waals surface area contributed by atoms with Crippen molar-refractivity contribution >= 4 is 89.0 Å². The van der Waals surface area contributed by atoms with E-state index in [9.17, 15) is 62.4 Å². The number of amides is 2. The number of nitrogens with zero attached hydrogens (tertiary/aromatic N) is 5. The fraction of sp³-hybridized carbons (Fsp3) is 0. The monoisotopic (exact) mass is 1030 g/mol. The Morgan fingerprint density at radius 2 is 1.36 bits per heavy atom. The maximum absolute atomic E-state index is 13.7. The van der Waals surface area contributed by atoms with Crippen LogP contribution in [0.4, 0.5) is 17.1 Å². The van der Waals surface area contributed by atoms with E-state index in [4.69, 9.17) is 4.74 Å². The van der Waals surface area contributed by atoms with Crippen molar-refractivity contribution in [1.82, 2.24) is 9.78 Å². The van der Waals surface area contributed by atoms with Crippen LogP contribution in [0, 0.1) is 0 Å². The first kappa shape index (κ1) is 60.0. The number of hydrogen-bond donors (Lipinski definition) is 2. The largest absolute Gasteiger partial charge is 1.00 e. The summed E-state index contributed by atoms with van der Waals surface area (Å²) in [6, 6.07) is 19.9. The first-order valence-electron chi connectivity index (χ1n) is 17.1. The molecule has 0 aliphatic carbocycles. The van der Waals surface area contributed by atoms with Crippen molar-refractivity contribution in [3.8, 4) is 17.3 Å². The van der Waals surface area contributed by atoms with E-state index in [2.05, 4.69) is 24.7 Å². The van der Waals surface area contributed by atoms with Gasteiger partial charge in [-0.1, -0.05) is 54.6 Å². The van der Waals surface area contributed by atoms with Crippen molar-refractivity contribution in [3.05, 3.63) is 138 Å². The van der Waals surface area contributed by atoms with E-state index in [0.717, 1.165) is 21.8 Å². The fourth-order valence-electron chi connectivity index (χ4n) is 5.42. The Morgan fingerprint density at radius 3 is 1.94 bits per heavy atom. The normalized spacial score (nSPS) is 13.9. The van der Waals surface area contributed by atoms with Crippen LogP contribution in [0.5, 0.6) is 11.6 Å². The molecule has 1 aliphatic heterocycles. The van der Waals surface area contributed by atoms with Crippen LogP contribution in [0.15, 0.2) is 152 Å². The number of allylic oxidation sites excluding steroid dienone is 4. The predicted molar refractivity (Wildman–Crippen MR) is 216 cm³/mol. The molecule has 0 saturated heterocycles. The van der Waals surface area contributed by atoms with Crippen molar-refractivity contribution in [2.45, 2.75) is 14.7 Å². The van der Waals surface area contributed by atoms with E-state index >= 15 is 0 Å². The molecule has 1 unspecified atom stereocenters. The minimum atomic E-state index is -5.23. The number of hydrazone groups is 1. The number of hydrogen-bond acceptors (Lipinski definition) is 19. The summed E-state index contributed by atoms with van der Waals surface area (Å²) in [5.41, 5.74) is -1.75. The quantitative estimate of drug-likeness (QED) is 0.0198. The third-order valence-electron chi connectivity index (χ3n) is 8.20. The molecule has 0 radical (unpaired) electrons. The number of ether oxygens (including phenoxy) is 1. The molecule has 5 aromatic rings. The maximum Gasteiger partial charge on any atom is 1.00 e. The van der Waals surface area contributed by atoms with E-state index < -0.39 is 103 Å². The molecule has 2 N–H and O–H groups in total. The van der Waals surface area contributed by atoms with Gasteiger partial charge in [0.1, 0.15) is 47.3 Å². The summed E-state index contributed by atoms with van der Waals surface area (Å²) in [5.74, 6) is -3.47. The Bertz CT molecular complexity index is 3170. The third kappa shape index (κ3) is 15.4. The Morgan fingerprint density at radius 1 is 0.776 bits per heavy atom. The van der Waals surface area contributed by atoms with E-state index in [1.165, 1.54) is 54.6 Å². The van der Waals surface area contributed by atoms with Crippen LogP contribution in [0.2, 0.25) is 0 Å². The second kappa shape index (κ2) is 25.6. The smallest absolute Gasteiger partial charge is 0.744 e. The summed E-state index contributed by atoms with van der Waals surface area (Å²) in [6.45, 7) is 0. The van der Waals surface area contributed by atoms with Gasteiger partial charge in [-0.05, 0) is 72.8 Å². The summed E-state index contributed by atoms with van der Waals surface area (Å²) in [7, 11) is -15.4. The van der Waals surface area contributed by atoms with Gasteiger partial charge in [0, 0.05) is 0 Å². The SMILES string of the molecule is O=C(Nc1cc(S(=O)(=O)[O-])ccc1OS(=O)[O-])c1nn(-c2ccccc2)c(O)c1C=CC=CC=C1C(=O)N(c2ccccc2)N=C1OC=Nc1cc(S(=O)(=O)[O-])ccc1S(=O)(=O)[O-].[Na+].[Na+].[Na+].[Na+]. The molecule has 2 heterocycles. The molecule has 22 nitrogen and oxygen atoms in total. The minimum absolute atomic E-state index is 0. The maximum atomic E-state index is 13.7. The van der Waals surface area contributed by atoms with Crippen molar-refractivity contribution in [2.24, 2.45) is 10.1 Å². The van der Waals surface area contributed by atoms with Gasteiger partial charge in [0.2, 0.25) is 5.88 Å². The molecule has 0 spiro atoms. The number of anilines is 2. The van der Waals surface area contributed by atoms with Crippen LogP contribution in [0.25, 0.3) is 11.8 Å². The van der Waals surface area contributed by atoms with Crippen LogP contribution in [-0.2, 0) is 51.2 Å². The van der Waals surface area contributed by atoms with Gasteiger partial charge in [0.25, 0.3) is 17.7 Å². The zero-order valence-electron chi connectivity index (χ0n) is 35.1. The Kier molecular flexibility index (Phi) is 22.9. The molecule has 1 aliphatic rings. The number of carbonyl (C=O) groups excluding carboxylic acids is 2. The van der Waals surface area contributed by atoms with Gasteiger partial charge < -0.3 is 37.6 Å². The Hall–Kier alpha value is -3.17. The van der Waals surface area contributed by atoms with Gasteiger partial charge in [-0.25, -0.2) is 34.5 Å². The summed E-state index contributed by atoms with van der Waals surface area (Å²) in [4.78, 5) is 28.2. The van der Waals surface area contributed by atoms with Crippen LogP contribution in [0.3, 0.4) is 0 Å². The summed E-state index contributed by atoms with van der Waals surface area (Å²) in [5, 5.41) is 22.7. The average molecular weight is 1030 g/mol. The second-order valence-electron chi connectivity index (χ2n) is 12.3. The van der Waals surface area contributed by atoms with E-state index in [1.807, 2.05) is 0 Å². The van der Waals surface area contributed by atoms with Gasteiger partial charge in [-0.3, -0.25) is 9.59 Å². The third-order valence-corrected chi connectivity index (χ3v) is 11.1. The number of aromatic hydroxyl groups is 1. The first-order chi connectivity index (χ1) is 29.7. The number of aliphatic imine (C=N–C) groups is 1. The fourth-order valence-corrected chi connectivity index (χ4v) is 7.30. The number of carbonyl (C=O) groups is 2. The Balaban J connectivity index is 0.00000385. The molecule has 6 rings (SSSR count). The van der Waals surface area contributed by atoms with Crippen molar-refractivity contribution in [1.29, 1.82) is 0 Å². The standard InChI is InChI=1S/C37H28N6O16S4.4Na/c44-34(39-29-20-25(61(49,50)51)16-18-31(29)59-60(47)48)33-27(36(45)42(40-33)23-10-4-1-5-11-23)14-8-3-9-15-28-35(41-43(37(28)46)24-12-6-2-7-13-24)58-22-38-30-21-26(62(52,53)54)17-19-32(30)63(55,56)57;;;;/h1-22,45H,(H,39,44)(H,47,48)(H,49,50,51)(H,52,53,54)(H,55,56,57);;;;/q;4*+1/p-4. The molecular formula is C37H24N6Na4O16S4. The van der Waals surface area contributed by atoms with Gasteiger partial charge in [-0.15, -0.1) is 5.10 Å². The topological polar surface area (TPSA) is 342 Å². The number of aromatic nitrogens is 2. The minimum Gasteiger partial charge on any atom is -0.744 e. The first-order valence-corrected chi connectivity index (χ1v) is 22.3. The van der Waals surface area contributed by atoms with Crippen LogP contribution >= 0.6 is 0 Å². The van der Waals surface area contributed by atoms with Crippen LogP contribution in [0.1, 0.15) is 16.1 Å². The molecule has 4 aromatic carbocycles. The van der Waals surface area contributed by atoms with Crippen molar-refractivity contribution < 1.29 is 190 Å². The van der Waals surface area contributed by atoms with E-state index in [-0.39, 0.29) is 141 Å². The van der Waals surface area contributed by atoms with E-state index in [0.29, 0.717) is 30.7 Å². The zero-order valence-corrected chi connectivity index (χ0v) is 46.4. The number of benzene rings is 4. The van der Waals surface area contributed by atoms with Crippen LogP contribution < -0.4 is 133 Å². The van der Waals surface area contributed by atoms with Gasteiger partial charge in [0.05, 0.1) is 43.0 Å². The molecule has 0 saturated carbocycles. The molecule has 0 fully saturated rings. The molecule has 30 heteroatoms. The average Bonchev–Trinajstić information content (AvgIpc) is 3.72. The Labute approximate surface area is 472 Å². The molecule has 0 bridgehead atoms. The van der Waals surface area contributed by atoms with Gasteiger partial charge in [0.15, 0.2) is 17.8 Å². The molecule has 1 aromatic heterocycles. The van der Waals surface area contributed by atoms with Crippen molar-refractivity contribution in [2.75, 3.05) is 10.3 Å². The summed E-state index contributed by atoms with van der Waals surface area (Å²) >= 11 is -3.20. The van der Waals surface area contributed by atoms with Crippen molar-refractivity contribution in [3.63, 3.8) is 0 Å². The van der Waals surface area contributed by atoms with Gasteiger partial charge >= 0.3 is 118 Å². The molecule has 1 atom stereocenters. The zero-order chi connectivity index (χ0) is 45.7. The molecule has 2 amide bonds. The van der Waals surface area contributed by atoms with Crippen LogP contribution in [-0.4, -0.2) is 86.7 Å². The molecule has 326 valence electrons. The van der Waals surface area contributed by atoms with Gasteiger partial charge in [-0.2, -0.15) is 14.8 Å².